The van der Waals surface area contributed by atoms with Gasteiger partial charge in [-0.2, -0.15) is 0 Å². The molecule has 2 aromatic rings. The zero-order chi connectivity index (χ0) is 18.5. The van der Waals surface area contributed by atoms with Gasteiger partial charge in [-0.25, -0.2) is 0 Å². The first-order valence-electron chi connectivity index (χ1n) is 9.90. The van der Waals surface area contributed by atoms with Crippen LogP contribution in [-0.2, 0) is 16.1 Å². The van der Waals surface area contributed by atoms with Gasteiger partial charge in [0.1, 0.15) is 6.04 Å². The van der Waals surface area contributed by atoms with E-state index >= 15 is 0 Å². The van der Waals surface area contributed by atoms with Gasteiger partial charge in [-0.1, -0.05) is 18.2 Å². The number of carbonyl (C=O) groups excluding carboxylic acids is 2. The summed E-state index contributed by atoms with van der Waals surface area (Å²) in [6.07, 6.45) is 3.51. The topological polar surface area (TPSA) is 66.6 Å². The maximum atomic E-state index is 12.6. The van der Waals surface area contributed by atoms with E-state index in [0.717, 1.165) is 38.9 Å². The Morgan fingerprint density at radius 2 is 2.04 bits per heavy atom. The van der Waals surface area contributed by atoms with E-state index in [0.29, 0.717) is 12.3 Å². The van der Waals surface area contributed by atoms with Crippen molar-refractivity contribution in [3.63, 3.8) is 0 Å². The second-order valence-corrected chi connectivity index (χ2v) is 9.23. The van der Waals surface area contributed by atoms with Gasteiger partial charge in [-0.3, -0.25) is 14.5 Å². The molecule has 142 valence electrons. The predicted molar refractivity (Wildman–Crippen MR) is 106 cm³/mol. The van der Waals surface area contributed by atoms with Gasteiger partial charge in [0.15, 0.2) is 0 Å². The van der Waals surface area contributed by atoms with Crippen LogP contribution in [0.1, 0.15) is 31.2 Å². The minimum Gasteiger partial charge on any atom is -0.368 e. The van der Waals surface area contributed by atoms with Gasteiger partial charge in [-0.15, -0.1) is 11.3 Å². The van der Waals surface area contributed by atoms with E-state index < -0.39 is 6.04 Å². The van der Waals surface area contributed by atoms with Gasteiger partial charge >= 0.3 is 0 Å². The average molecular weight is 384 g/mol. The highest BCUT2D eigenvalue weighted by Crippen LogP contribution is 2.42. The second kappa shape index (κ2) is 6.60. The molecule has 3 saturated heterocycles. The zero-order valence-corrected chi connectivity index (χ0v) is 16.2. The number of likely N-dealkylation sites (tertiary alicyclic amines) is 1. The molecule has 0 radical (unpaired) electrons. The minimum atomic E-state index is -0.430. The number of piperidine rings is 3. The first-order valence-corrected chi connectivity index (χ1v) is 10.8. The van der Waals surface area contributed by atoms with Gasteiger partial charge in [0.2, 0.25) is 11.8 Å². The fourth-order valence-electron chi connectivity index (χ4n) is 5.64. The van der Waals surface area contributed by atoms with E-state index in [4.69, 9.17) is 5.73 Å². The molecular weight excluding hydrogens is 358 g/mol. The first kappa shape index (κ1) is 17.2. The Hall–Kier alpha value is -1.92. The number of thiophene rings is 1. The molecule has 27 heavy (non-hydrogen) atoms. The van der Waals surface area contributed by atoms with Crippen molar-refractivity contribution in [2.75, 3.05) is 13.1 Å². The normalized spacial score (nSPS) is 31.1. The number of benzene rings is 1. The Morgan fingerprint density at radius 3 is 2.89 bits per heavy atom. The van der Waals surface area contributed by atoms with Gasteiger partial charge in [0, 0.05) is 42.7 Å². The number of nitrogens with zero attached hydrogens (tertiary/aromatic N) is 2. The minimum absolute atomic E-state index is 0.127. The fraction of sp³-hybridized carbons (Fsp3) is 0.524. The number of carbonyl (C=O) groups is 2. The van der Waals surface area contributed by atoms with Crippen LogP contribution in [0.15, 0.2) is 29.6 Å². The number of rotatable bonds is 3. The molecule has 0 aliphatic carbocycles. The Balaban J connectivity index is 1.42. The molecule has 0 saturated carbocycles. The third-order valence-electron chi connectivity index (χ3n) is 6.66. The molecule has 0 spiro atoms. The molecule has 4 heterocycles. The van der Waals surface area contributed by atoms with Gasteiger partial charge in [0.05, 0.1) is 0 Å². The average Bonchev–Trinajstić information content (AvgIpc) is 3.05. The molecule has 3 fully saturated rings. The third-order valence-corrected chi connectivity index (χ3v) is 7.68. The van der Waals surface area contributed by atoms with Crippen molar-refractivity contribution >= 4 is 33.2 Å². The molecule has 1 aromatic heterocycles. The summed E-state index contributed by atoms with van der Waals surface area (Å²) < 4.78 is 1.32. The van der Waals surface area contributed by atoms with Crippen LogP contribution < -0.4 is 5.73 Å². The predicted octanol–water partition coefficient (Wildman–Crippen LogP) is 2.59. The summed E-state index contributed by atoms with van der Waals surface area (Å²) in [4.78, 5) is 29.2. The van der Waals surface area contributed by atoms with Crippen LogP contribution in [0.4, 0.5) is 0 Å². The molecule has 1 aromatic carbocycles. The van der Waals surface area contributed by atoms with Gasteiger partial charge < -0.3 is 10.6 Å². The lowest BCUT2D eigenvalue weighted by Gasteiger charge is -2.55. The van der Waals surface area contributed by atoms with E-state index in [1.165, 1.54) is 15.6 Å². The van der Waals surface area contributed by atoms with E-state index in [9.17, 15) is 9.59 Å². The Labute approximate surface area is 163 Å². The molecule has 2 amide bonds. The van der Waals surface area contributed by atoms with Crippen molar-refractivity contribution in [2.24, 2.45) is 17.6 Å². The maximum Gasteiger partial charge on any atom is 0.240 e. The maximum absolute atomic E-state index is 12.6. The smallest absolute Gasteiger partial charge is 0.240 e. The van der Waals surface area contributed by atoms with Crippen molar-refractivity contribution < 1.29 is 9.59 Å². The molecule has 6 heteroatoms. The van der Waals surface area contributed by atoms with Crippen LogP contribution in [-0.4, -0.2) is 46.8 Å². The Bertz CT molecular complexity index is 894. The Morgan fingerprint density at radius 1 is 1.22 bits per heavy atom. The fourth-order valence-corrected chi connectivity index (χ4v) is 6.60. The van der Waals surface area contributed by atoms with Crippen LogP contribution in [0.3, 0.4) is 0 Å². The van der Waals surface area contributed by atoms with Crippen LogP contribution in [0.25, 0.3) is 10.1 Å². The summed E-state index contributed by atoms with van der Waals surface area (Å²) in [5.74, 6) is 0.404. The number of primary amides is 1. The van der Waals surface area contributed by atoms with Crippen molar-refractivity contribution in [3.05, 3.63) is 35.2 Å². The highest BCUT2D eigenvalue weighted by Gasteiger charge is 2.51. The van der Waals surface area contributed by atoms with E-state index in [-0.39, 0.29) is 23.8 Å². The van der Waals surface area contributed by atoms with Crippen molar-refractivity contribution in [1.29, 1.82) is 0 Å². The van der Waals surface area contributed by atoms with E-state index in [1.807, 2.05) is 4.90 Å². The second-order valence-electron chi connectivity index (χ2n) is 8.31. The summed E-state index contributed by atoms with van der Waals surface area (Å²) in [7, 11) is 0. The number of hydrogen-bond donors (Lipinski definition) is 1. The first-order chi connectivity index (χ1) is 13.1. The number of fused-ring (bicyclic) bond motifs is 5. The van der Waals surface area contributed by atoms with Crippen molar-refractivity contribution in [2.45, 2.75) is 44.3 Å². The molecule has 3 aliphatic heterocycles. The van der Waals surface area contributed by atoms with E-state index in [1.54, 1.807) is 11.3 Å². The third kappa shape index (κ3) is 2.86. The molecule has 4 atom stereocenters. The molecule has 2 bridgehead atoms. The highest BCUT2D eigenvalue weighted by atomic mass is 32.1. The lowest BCUT2D eigenvalue weighted by molar-refractivity contribution is -0.159. The standard InChI is InChI=1S/C21H25N3O2S/c22-21(26)20-14-8-13(17-5-3-7-19(25)24(17)20)9-23(10-14)11-15-12-27-18-6-2-1-4-16(15)18/h1-2,4,6,12-14,17,20H,3,5,7-11H2,(H2,22,26)/t13-,14+,17+,20-/m1/s1. The van der Waals surface area contributed by atoms with Crippen molar-refractivity contribution in [3.8, 4) is 0 Å². The Kier molecular flexibility index (Phi) is 4.20. The highest BCUT2D eigenvalue weighted by molar-refractivity contribution is 7.17. The summed E-state index contributed by atoms with van der Waals surface area (Å²) in [6.45, 7) is 2.74. The summed E-state index contributed by atoms with van der Waals surface area (Å²) >= 11 is 1.79. The number of amides is 2. The van der Waals surface area contributed by atoms with Crippen LogP contribution in [0.2, 0.25) is 0 Å². The molecular formula is C21H25N3O2S. The SMILES string of the molecule is NC(=O)[C@H]1[C@H]2C[C@H](CN(Cc3csc4ccccc34)C2)[C@@H]2CCCC(=O)N21. The van der Waals surface area contributed by atoms with Gasteiger partial charge in [-0.05, 0) is 47.6 Å². The van der Waals surface area contributed by atoms with Crippen LogP contribution in [0.5, 0.6) is 0 Å². The summed E-state index contributed by atoms with van der Waals surface area (Å²) in [5.41, 5.74) is 7.14. The number of hydrogen-bond acceptors (Lipinski definition) is 4. The van der Waals surface area contributed by atoms with Crippen LogP contribution >= 0.6 is 11.3 Å². The quantitative estimate of drug-likeness (QED) is 0.886. The van der Waals surface area contributed by atoms with Gasteiger partial charge in [0.25, 0.3) is 0 Å². The molecule has 5 nitrogen and oxygen atoms in total. The zero-order valence-electron chi connectivity index (χ0n) is 15.3. The summed E-state index contributed by atoms with van der Waals surface area (Å²) in [5, 5.41) is 3.59. The van der Waals surface area contributed by atoms with Crippen molar-refractivity contribution in [1.82, 2.24) is 9.80 Å². The molecule has 0 unspecified atom stereocenters. The molecule has 5 rings (SSSR count). The van der Waals surface area contributed by atoms with E-state index in [2.05, 4.69) is 34.5 Å². The monoisotopic (exact) mass is 383 g/mol. The lowest BCUT2D eigenvalue weighted by Crippen LogP contribution is -2.67. The summed E-state index contributed by atoms with van der Waals surface area (Å²) in [6, 6.07) is 8.30. The molecule has 2 N–H and O–H groups in total. The van der Waals surface area contributed by atoms with Crippen LogP contribution in [0, 0.1) is 11.8 Å². The largest absolute Gasteiger partial charge is 0.368 e. The number of nitrogens with two attached hydrogens (primary N) is 1. The lowest BCUT2D eigenvalue weighted by atomic mass is 9.72. The molecule has 3 aliphatic rings.